The average Bonchev–Trinajstić information content (AvgIpc) is 3.29. The molecule has 26 heavy (non-hydrogen) atoms. The molecule has 4 aromatic rings. The maximum atomic E-state index is 5.93. The van der Waals surface area contributed by atoms with Crippen LogP contribution in [0.3, 0.4) is 0 Å². The third-order valence-corrected chi connectivity index (χ3v) is 3.80. The van der Waals surface area contributed by atoms with E-state index in [0.717, 1.165) is 11.3 Å². The van der Waals surface area contributed by atoms with Gasteiger partial charge in [-0.25, -0.2) is 4.98 Å². The zero-order chi connectivity index (χ0) is 18.1. The Hall–Kier alpha value is -3.29. The first-order chi connectivity index (χ1) is 12.5. The predicted octanol–water partition coefficient (Wildman–Crippen LogP) is 2.72. The molecule has 132 valence electrons. The second-order valence-electron chi connectivity index (χ2n) is 6.90. The smallest absolute Gasteiger partial charge is 0.219 e. The Balaban J connectivity index is 1.63. The van der Waals surface area contributed by atoms with Crippen LogP contribution in [0.25, 0.3) is 16.9 Å². The van der Waals surface area contributed by atoms with E-state index in [4.69, 9.17) is 4.74 Å². The molecule has 8 heteroatoms. The number of tetrazole rings is 1. The Kier molecular flexibility index (Phi) is 3.87. The van der Waals surface area contributed by atoms with Crippen molar-refractivity contribution in [2.45, 2.75) is 32.9 Å². The summed E-state index contributed by atoms with van der Waals surface area (Å²) in [6.07, 6.45) is 1.69. The molecule has 0 aliphatic carbocycles. The van der Waals surface area contributed by atoms with Crippen LogP contribution in [0.2, 0.25) is 0 Å². The summed E-state index contributed by atoms with van der Waals surface area (Å²) >= 11 is 0. The number of fused-ring (bicyclic) bond motifs is 1. The lowest BCUT2D eigenvalue weighted by atomic mass is 10.1. The fourth-order valence-corrected chi connectivity index (χ4v) is 2.47. The number of benzene rings is 1. The van der Waals surface area contributed by atoms with Crippen molar-refractivity contribution < 1.29 is 4.74 Å². The molecule has 0 radical (unpaired) electrons. The van der Waals surface area contributed by atoms with Gasteiger partial charge in [0.25, 0.3) is 0 Å². The average molecular weight is 349 g/mol. The highest BCUT2D eigenvalue weighted by Crippen LogP contribution is 2.23. The van der Waals surface area contributed by atoms with E-state index >= 15 is 0 Å². The highest BCUT2D eigenvalue weighted by atomic mass is 16.5. The molecule has 0 aliphatic rings. The summed E-state index contributed by atoms with van der Waals surface area (Å²) in [5.74, 6) is 1.09. The largest absolute Gasteiger partial charge is 0.469 e. The molecule has 3 heterocycles. The van der Waals surface area contributed by atoms with Gasteiger partial charge in [0.1, 0.15) is 0 Å². The van der Waals surface area contributed by atoms with Crippen molar-refractivity contribution in [2.75, 3.05) is 0 Å². The van der Waals surface area contributed by atoms with E-state index in [9.17, 15) is 0 Å². The topological polar surface area (TPSA) is 83.0 Å². The summed E-state index contributed by atoms with van der Waals surface area (Å²) in [6, 6.07) is 13.7. The van der Waals surface area contributed by atoms with Gasteiger partial charge in [-0.3, -0.25) is 0 Å². The number of hydrogen-bond donors (Lipinski definition) is 0. The van der Waals surface area contributed by atoms with E-state index in [1.165, 1.54) is 0 Å². The molecule has 0 amide bonds. The minimum Gasteiger partial charge on any atom is -0.469 e. The Morgan fingerprint density at radius 3 is 2.62 bits per heavy atom. The van der Waals surface area contributed by atoms with Crippen LogP contribution in [0.4, 0.5) is 0 Å². The number of rotatable bonds is 4. The van der Waals surface area contributed by atoms with Crippen LogP contribution >= 0.6 is 0 Å². The van der Waals surface area contributed by atoms with Crippen LogP contribution in [-0.4, -0.2) is 34.8 Å². The standard InChI is InChI=1S/C18H19N7O/c1-18(2,3)25-22-15(21-23-25)12-26-17-11-14(13-7-5-4-6-8-13)20-16-9-10-19-24(16)17/h4-11H,12H2,1-3H3. The minimum atomic E-state index is -0.225. The van der Waals surface area contributed by atoms with Gasteiger partial charge in [-0.2, -0.15) is 14.4 Å². The Morgan fingerprint density at radius 1 is 1.08 bits per heavy atom. The lowest BCUT2D eigenvalue weighted by molar-refractivity contribution is 0.270. The lowest BCUT2D eigenvalue weighted by Crippen LogP contribution is -2.24. The summed E-state index contributed by atoms with van der Waals surface area (Å²) in [7, 11) is 0. The molecule has 1 aromatic carbocycles. The zero-order valence-corrected chi connectivity index (χ0v) is 14.9. The second kappa shape index (κ2) is 6.21. The fraction of sp³-hybridized carbons (Fsp3) is 0.278. The van der Waals surface area contributed by atoms with Gasteiger partial charge < -0.3 is 4.74 Å². The van der Waals surface area contributed by atoms with Gasteiger partial charge in [0, 0.05) is 17.7 Å². The molecule has 0 saturated heterocycles. The summed E-state index contributed by atoms with van der Waals surface area (Å²) < 4.78 is 7.59. The third-order valence-electron chi connectivity index (χ3n) is 3.80. The molecule has 0 aliphatic heterocycles. The molecule has 3 aromatic heterocycles. The molecule has 0 bridgehead atoms. The summed E-state index contributed by atoms with van der Waals surface area (Å²) in [5.41, 5.74) is 2.32. The number of ether oxygens (including phenoxy) is 1. The Morgan fingerprint density at radius 2 is 1.88 bits per heavy atom. The van der Waals surface area contributed by atoms with Crippen molar-refractivity contribution in [3.05, 3.63) is 54.5 Å². The zero-order valence-electron chi connectivity index (χ0n) is 14.9. The van der Waals surface area contributed by atoms with E-state index in [1.807, 2.05) is 63.2 Å². The molecule has 0 atom stereocenters. The molecule has 0 spiro atoms. The molecule has 4 rings (SSSR count). The van der Waals surface area contributed by atoms with Crippen LogP contribution in [0.5, 0.6) is 5.88 Å². The Bertz CT molecular complexity index is 1030. The molecular formula is C18H19N7O. The molecule has 0 saturated carbocycles. The highest BCUT2D eigenvalue weighted by molar-refractivity contribution is 5.63. The quantitative estimate of drug-likeness (QED) is 0.563. The van der Waals surface area contributed by atoms with E-state index in [0.29, 0.717) is 17.4 Å². The normalized spacial score (nSPS) is 11.8. The van der Waals surface area contributed by atoms with Crippen LogP contribution in [-0.2, 0) is 12.1 Å². The summed E-state index contributed by atoms with van der Waals surface area (Å²) in [6.45, 7) is 6.24. The molecule has 8 nitrogen and oxygen atoms in total. The molecular weight excluding hydrogens is 330 g/mol. The maximum Gasteiger partial charge on any atom is 0.219 e. The first-order valence-corrected chi connectivity index (χ1v) is 8.33. The fourth-order valence-electron chi connectivity index (χ4n) is 2.47. The van der Waals surface area contributed by atoms with Gasteiger partial charge in [-0.15, -0.1) is 10.2 Å². The first kappa shape index (κ1) is 16.2. The van der Waals surface area contributed by atoms with Crippen molar-refractivity contribution in [1.29, 1.82) is 0 Å². The van der Waals surface area contributed by atoms with Crippen LogP contribution in [0.1, 0.15) is 26.6 Å². The van der Waals surface area contributed by atoms with E-state index in [-0.39, 0.29) is 12.1 Å². The Labute approximate surface area is 150 Å². The predicted molar refractivity (Wildman–Crippen MR) is 95.6 cm³/mol. The van der Waals surface area contributed by atoms with Crippen molar-refractivity contribution in [3.8, 4) is 17.1 Å². The van der Waals surface area contributed by atoms with Crippen molar-refractivity contribution in [1.82, 2.24) is 34.8 Å². The van der Waals surface area contributed by atoms with E-state index in [1.54, 1.807) is 15.5 Å². The van der Waals surface area contributed by atoms with Crippen molar-refractivity contribution in [2.24, 2.45) is 0 Å². The summed E-state index contributed by atoms with van der Waals surface area (Å²) in [4.78, 5) is 6.21. The van der Waals surface area contributed by atoms with Crippen molar-refractivity contribution >= 4 is 5.65 Å². The maximum absolute atomic E-state index is 5.93. The van der Waals surface area contributed by atoms with Crippen molar-refractivity contribution in [3.63, 3.8) is 0 Å². The van der Waals surface area contributed by atoms with E-state index in [2.05, 4.69) is 25.5 Å². The molecule has 0 N–H and O–H groups in total. The van der Waals surface area contributed by atoms with Gasteiger partial charge in [0.2, 0.25) is 11.7 Å². The molecule has 0 unspecified atom stereocenters. The van der Waals surface area contributed by atoms with Gasteiger partial charge in [-0.1, -0.05) is 30.3 Å². The van der Waals surface area contributed by atoms with Gasteiger partial charge in [0.15, 0.2) is 12.3 Å². The highest BCUT2D eigenvalue weighted by Gasteiger charge is 2.17. The third kappa shape index (κ3) is 3.13. The van der Waals surface area contributed by atoms with Gasteiger partial charge >= 0.3 is 0 Å². The van der Waals surface area contributed by atoms with Gasteiger partial charge in [-0.05, 0) is 26.0 Å². The number of nitrogens with zero attached hydrogens (tertiary/aromatic N) is 7. The van der Waals surface area contributed by atoms with Crippen LogP contribution < -0.4 is 4.74 Å². The van der Waals surface area contributed by atoms with Crippen LogP contribution in [0.15, 0.2) is 48.7 Å². The minimum absolute atomic E-state index is 0.198. The monoisotopic (exact) mass is 349 g/mol. The lowest BCUT2D eigenvalue weighted by Gasteiger charge is -2.15. The van der Waals surface area contributed by atoms with Crippen LogP contribution in [0, 0.1) is 0 Å². The van der Waals surface area contributed by atoms with E-state index < -0.39 is 0 Å². The first-order valence-electron chi connectivity index (χ1n) is 8.33. The summed E-state index contributed by atoms with van der Waals surface area (Å²) in [5, 5.41) is 16.8. The second-order valence-corrected chi connectivity index (χ2v) is 6.90. The number of aromatic nitrogens is 7. The van der Waals surface area contributed by atoms with Gasteiger partial charge in [0.05, 0.1) is 17.4 Å². The SMILES string of the molecule is CC(C)(C)n1nnc(COc2cc(-c3ccccc3)nc3ccnn23)n1. The molecule has 0 fully saturated rings. The number of hydrogen-bond acceptors (Lipinski definition) is 6.